The van der Waals surface area contributed by atoms with E-state index in [0.717, 1.165) is 11.4 Å². The maximum atomic E-state index is 13.3. The van der Waals surface area contributed by atoms with Crippen molar-refractivity contribution in [3.8, 4) is 11.5 Å². The molecule has 2 N–H and O–H groups in total. The fraction of sp³-hybridized carbons (Fsp3) is 0.286. The van der Waals surface area contributed by atoms with E-state index >= 15 is 0 Å². The SMILES string of the molecule is CCc1nnc2n1N[C@@H](c1ccc(OC)c(Cl)c1)[C@H](C(=O)Nc1cccc(OC)c1)S2. The molecular formula is C21H22ClN5O3S. The minimum Gasteiger partial charge on any atom is -0.497 e. The van der Waals surface area contributed by atoms with Gasteiger partial charge in [0.1, 0.15) is 16.7 Å². The molecule has 0 saturated carbocycles. The maximum Gasteiger partial charge on any atom is 0.240 e. The Balaban J connectivity index is 1.68. The van der Waals surface area contributed by atoms with Crippen LogP contribution in [0.1, 0.15) is 24.4 Å². The number of carbonyl (C=O) groups excluding carboxylic acids is 1. The number of thioether (sulfide) groups is 1. The van der Waals surface area contributed by atoms with Crippen LogP contribution in [0.25, 0.3) is 0 Å². The number of benzene rings is 2. The number of aromatic nitrogens is 3. The number of halogens is 1. The molecule has 10 heteroatoms. The van der Waals surface area contributed by atoms with Crippen molar-refractivity contribution in [1.82, 2.24) is 14.9 Å². The molecule has 3 aromatic rings. The summed E-state index contributed by atoms with van der Waals surface area (Å²) in [4.78, 5) is 13.3. The Morgan fingerprint density at radius 2 is 2.06 bits per heavy atom. The largest absolute Gasteiger partial charge is 0.497 e. The van der Waals surface area contributed by atoms with Crippen LogP contribution in [0.2, 0.25) is 5.02 Å². The summed E-state index contributed by atoms with van der Waals surface area (Å²) in [6.45, 7) is 2.00. The summed E-state index contributed by atoms with van der Waals surface area (Å²) < 4.78 is 12.4. The summed E-state index contributed by atoms with van der Waals surface area (Å²) in [5, 5.41) is 12.0. The second-order valence-electron chi connectivity index (χ2n) is 6.85. The van der Waals surface area contributed by atoms with Crippen LogP contribution in [-0.2, 0) is 11.2 Å². The highest BCUT2D eigenvalue weighted by Crippen LogP contribution is 2.39. The lowest BCUT2D eigenvalue weighted by Gasteiger charge is -2.33. The molecular weight excluding hydrogens is 438 g/mol. The molecule has 162 valence electrons. The molecule has 0 aliphatic carbocycles. The van der Waals surface area contributed by atoms with Crippen molar-refractivity contribution in [2.24, 2.45) is 0 Å². The Morgan fingerprint density at radius 3 is 2.77 bits per heavy atom. The molecule has 0 radical (unpaired) electrons. The molecule has 8 nitrogen and oxygen atoms in total. The highest BCUT2D eigenvalue weighted by Gasteiger charge is 2.38. The first kappa shape index (κ1) is 21.3. The monoisotopic (exact) mass is 459 g/mol. The van der Waals surface area contributed by atoms with Gasteiger partial charge in [-0.25, -0.2) is 4.68 Å². The molecule has 0 bridgehead atoms. The van der Waals surface area contributed by atoms with Gasteiger partial charge in [0.15, 0.2) is 5.82 Å². The third kappa shape index (κ3) is 4.28. The molecule has 2 aromatic carbocycles. The number of carbonyl (C=O) groups is 1. The number of ether oxygens (including phenoxy) is 2. The number of fused-ring (bicyclic) bond motifs is 1. The quantitative estimate of drug-likeness (QED) is 0.577. The molecule has 2 atom stereocenters. The third-order valence-electron chi connectivity index (χ3n) is 4.95. The summed E-state index contributed by atoms with van der Waals surface area (Å²) in [6.07, 6.45) is 0.706. The van der Waals surface area contributed by atoms with Crippen molar-refractivity contribution in [3.05, 3.63) is 58.9 Å². The number of hydrogen-bond acceptors (Lipinski definition) is 7. The van der Waals surface area contributed by atoms with Gasteiger partial charge in [-0.15, -0.1) is 10.2 Å². The Kier molecular flexibility index (Phi) is 6.24. The molecule has 1 aromatic heterocycles. The molecule has 31 heavy (non-hydrogen) atoms. The number of hydrogen-bond donors (Lipinski definition) is 2. The molecule has 0 spiro atoms. The fourth-order valence-corrected chi connectivity index (χ4v) is 4.73. The number of nitrogens with one attached hydrogen (secondary N) is 2. The van der Waals surface area contributed by atoms with Crippen LogP contribution in [0.15, 0.2) is 47.6 Å². The smallest absolute Gasteiger partial charge is 0.240 e. The lowest BCUT2D eigenvalue weighted by atomic mass is 10.0. The van der Waals surface area contributed by atoms with Crippen LogP contribution in [0.5, 0.6) is 11.5 Å². The Labute approximate surface area is 189 Å². The van der Waals surface area contributed by atoms with Crippen molar-refractivity contribution in [1.29, 1.82) is 0 Å². The van der Waals surface area contributed by atoms with Crippen LogP contribution < -0.4 is 20.2 Å². The summed E-state index contributed by atoms with van der Waals surface area (Å²) in [6, 6.07) is 12.4. The Morgan fingerprint density at radius 1 is 1.23 bits per heavy atom. The zero-order valence-electron chi connectivity index (χ0n) is 17.3. The topological polar surface area (TPSA) is 90.3 Å². The molecule has 1 aliphatic rings. The van der Waals surface area contributed by atoms with Crippen molar-refractivity contribution < 1.29 is 14.3 Å². The molecule has 1 aliphatic heterocycles. The second-order valence-corrected chi connectivity index (χ2v) is 8.36. The molecule has 4 rings (SSSR count). The van der Waals surface area contributed by atoms with Crippen LogP contribution in [0.3, 0.4) is 0 Å². The van der Waals surface area contributed by atoms with Crippen molar-refractivity contribution >= 4 is 35.0 Å². The van der Waals surface area contributed by atoms with Crippen LogP contribution >= 0.6 is 23.4 Å². The molecule has 1 amide bonds. The van der Waals surface area contributed by atoms with E-state index in [2.05, 4.69) is 20.9 Å². The number of methoxy groups -OCH3 is 2. The zero-order valence-corrected chi connectivity index (χ0v) is 18.8. The minimum absolute atomic E-state index is 0.171. The van der Waals surface area contributed by atoms with Gasteiger partial charge in [-0.1, -0.05) is 42.4 Å². The Hall–Kier alpha value is -2.91. The van der Waals surface area contributed by atoms with Gasteiger partial charge >= 0.3 is 0 Å². The van der Waals surface area contributed by atoms with E-state index in [-0.39, 0.29) is 11.9 Å². The highest BCUT2D eigenvalue weighted by atomic mass is 35.5. The lowest BCUT2D eigenvalue weighted by Crippen LogP contribution is -2.41. The number of aryl methyl sites for hydroxylation is 1. The number of anilines is 1. The first-order chi connectivity index (χ1) is 15.0. The van der Waals surface area contributed by atoms with Gasteiger partial charge in [-0.05, 0) is 29.8 Å². The van der Waals surface area contributed by atoms with Gasteiger partial charge in [0.05, 0.1) is 25.3 Å². The first-order valence-electron chi connectivity index (χ1n) is 9.70. The average Bonchev–Trinajstić information content (AvgIpc) is 3.20. The van der Waals surface area contributed by atoms with E-state index in [0.29, 0.717) is 33.8 Å². The highest BCUT2D eigenvalue weighted by molar-refractivity contribution is 8.00. The molecule has 0 saturated heterocycles. The molecule has 2 heterocycles. The van der Waals surface area contributed by atoms with Crippen molar-refractivity contribution in [3.63, 3.8) is 0 Å². The number of amides is 1. The van der Waals surface area contributed by atoms with Crippen molar-refractivity contribution in [2.45, 2.75) is 29.8 Å². The second kappa shape index (κ2) is 9.07. The van der Waals surface area contributed by atoms with Gasteiger partial charge in [0, 0.05) is 18.2 Å². The summed E-state index contributed by atoms with van der Waals surface area (Å²) >= 11 is 7.73. The average molecular weight is 460 g/mol. The van der Waals surface area contributed by atoms with E-state index in [1.807, 2.05) is 41.9 Å². The van der Waals surface area contributed by atoms with E-state index in [4.69, 9.17) is 21.1 Å². The first-order valence-corrected chi connectivity index (χ1v) is 11.0. The predicted octanol–water partition coefficient (Wildman–Crippen LogP) is 3.91. The van der Waals surface area contributed by atoms with Crippen LogP contribution in [0, 0.1) is 0 Å². The van der Waals surface area contributed by atoms with Crippen LogP contribution in [-0.4, -0.2) is 40.3 Å². The van der Waals surface area contributed by atoms with E-state index in [1.165, 1.54) is 11.8 Å². The minimum atomic E-state index is -0.517. The predicted molar refractivity (Wildman–Crippen MR) is 121 cm³/mol. The van der Waals surface area contributed by atoms with Gasteiger partial charge < -0.3 is 20.2 Å². The lowest BCUT2D eigenvalue weighted by molar-refractivity contribution is -0.116. The van der Waals surface area contributed by atoms with Gasteiger partial charge in [-0.3, -0.25) is 4.79 Å². The Bertz CT molecular complexity index is 1110. The van der Waals surface area contributed by atoms with E-state index in [1.54, 1.807) is 26.4 Å². The summed E-state index contributed by atoms with van der Waals surface area (Å²) in [7, 11) is 3.15. The third-order valence-corrected chi connectivity index (χ3v) is 6.46. The molecule has 0 fully saturated rings. The normalized spacial score (nSPS) is 17.4. The van der Waals surface area contributed by atoms with Crippen LogP contribution in [0.4, 0.5) is 5.69 Å². The summed E-state index contributed by atoms with van der Waals surface area (Å²) in [5.74, 6) is 1.86. The standard InChI is InChI=1S/C21H22ClN5O3S/c1-4-17-24-25-21-27(17)26-18(12-8-9-16(30-3)15(22)10-12)19(31-21)20(28)23-13-6-5-7-14(11-13)29-2/h5-11,18-19,26H,4H2,1-3H3,(H,23,28)/t18-,19+/m0/s1. The number of nitrogens with zero attached hydrogens (tertiary/aromatic N) is 3. The van der Waals surface area contributed by atoms with E-state index in [9.17, 15) is 4.79 Å². The zero-order chi connectivity index (χ0) is 22.0. The van der Waals surface area contributed by atoms with E-state index < -0.39 is 5.25 Å². The van der Waals surface area contributed by atoms with Gasteiger partial charge in [-0.2, -0.15) is 0 Å². The summed E-state index contributed by atoms with van der Waals surface area (Å²) in [5.41, 5.74) is 4.91. The fourth-order valence-electron chi connectivity index (χ4n) is 3.37. The van der Waals surface area contributed by atoms with Gasteiger partial charge in [0.25, 0.3) is 0 Å². The van der Waals surface area contributed by atoms with Gasteiger partial charge in [0.2, 0.25) is 11.1 Å². The van der Waals surface area contributed by atoms with Crippen molar-refractivity contribution in [2.75, 3.05) is 25.0 Å². The molecule has 0 unspecified atom stereocenters. The maximum absolute atomic E-state index is 13.3. The number of rotatable bonds is 6.